The molecule has 0 aliphatic carbocycles. The fourth-order valence-corrected chi connectivity index (χ4v) is 2.27. The summed E-state index contributed by atoms with van der Waals surface area (Å²) in [6.45, 7) is 2.64. The Balaban J connectivity index is 1.82. The van der Waals surface area contributed by atoms with Gasteiger partial charge >= 0.3 is 0 Å². The van der Waals surface area contributed by atoms with Crippen molar-refractivity contribution in [2.45, 2.75) is 26.1 Å². The van der Waals surface area contributed by atoms with E-state index in [0.717, 1.165) is 11.1 Å². The lowest BCUT2D eigenvalue weighted by Crippen LogP contribution is -2.24. The minimum absolute atomic E-state index is 0.105. The molecule has 0 aliphatic heterocycles. The fourth-order valence-electron chi connectivity index (χ4n) is 2.27. The third-order valence-electron chi connectivity index (χ3n) is 3.51. The van der Waals surface area contributed by atoms with Crippen LogP contribution in [0.25, 0.3) is 0 Å². The molecule has 0 spiro atoms. The van der Waals surface area contributed by atoms with Gasteiger partial charge in [-0.3, -0.25) is 0 Å². The van der Waals surface area contributed by atoms with Gasteiger partial charge in [-0.25, -0.2) is 0 Å². The molecular weight excluding hydrogens is 306 g/mol. The maximum Gasteiger partial charge on any atom is 0.128 e. The fraction of sp³-hybridized carbons (Fsp3) is 0.316. The molecule has 0 saturated carbocycles. The van der Waals surface area contributed by atoms with Crippen LogP contribution in [0.5, 0.6) is 5.75 Å². The molecular formula is C19H23NO4. The first kappa shape index (κ1) is 18.0. The van der Waals surface area contributed by atoms with Crippen LogP contribution >= 0.6 is 0 Å². The zero-order valence-corrected chi connectivity index (χ0v) is 13.8. The number of aliphatic hydroxyl groups excluding tert-OH is 1. The van der Waals surface area contributed by atoms with Crippen molar-refractivity contribution in [3.05, 3.63) is 65.7 Å². The number of aliphatic hydroxyl groups is 1. The first-order valence-corrected chi connectivity index (χ1v) is 7.97. The molecule has 0 amide bonds. The maximum atomic E-state index is 10.0. The van der Waals surface area contributed by atoms with Crippen LogP contribution in [0.3, 0.4) is 0 Å². The SMILES string of the molecule is CC/C(=N/O)c1ccccc1OCC(O)COCc1ccccc1. The average Bonchev–Trinajstić information content (AvgIpc) is 2.63. The summed E-state index contributed by atoms with van der Waals surface area (Å²) < 4.78 is 11.2. The van der Waals surface area contributed by atoms with E-state index in [9.17, 15) is 5.11 Å². The van der Waals surface area contributed by atoms with Crippen molar-refractivity contribution >= 4 is 5.71 Å². The summed E-state index contributed by atoms with van der Waals surface area (Å²) in [6.07, 6.45) is -0.155. The molecule has 0 saturated heterocycles. The zero-order valence-electron chi connectivity index (χ0n) is 13.8. The van der Waals surface area contributed by atoms with E-state index in [-0.39, 0.29) is 13.2 Å². The Morgan fingerprint density at radius 1 is 1.04 bits per heavy atom. The predicted octanol–water partition coefficient (Wildman–Crippen LogP) is 3.23. The summed E-state index contributed by atoms with van der Waals surface area (Å²) in [4.78, 5) is 0. The lowest BCUT2D eigenvalue weighted by atomic mass is 10.1. The van der Waals surface area contributed by atoms with Crippen molar-refractivity contribution in [1.29, 1.82) is 0 Å². The van der Waals surface area contributed by atoms with Gasteiger partial charge in [0.25, 0.3) is 0 Å². The van der Waals surface area contributed by atoms with Gasteiger partial charge in [0.15, 0.2) is 0 Å². The molecule has 0 aromatic heterocycles. The van der Waals surface area contributed by atoms with Crippen LogP contribution in [-0.2, 0) is 11.3 Å². The Labute approximate surface area is 142 Å². The molecule has 0 bridgehead atoms. The number of hydrogen-bond donors (Lipinski definition) is 2. The Bertz CT molecular complexity index is 643. The molecule has 5 nitrogen and oxygen atoms in total. The topological polar surface area (TPSA) is 71.3 Å². The van der Waals surface area contributed by atoms with Crippen LogP contribution in [0.15, 0.2) is 59.8 Å². The summed E-state index contributed by atoms with van der Waals surface area (Å²) in [5.74, 6) is 0.578. The molecule has 128 valence electrons. The van der Waals surface area contributed by atoms with Gasteiger partial charge in [0.05, 0.1) is 18.9 Å². The van der Waals surface area contributed by atoms with E-state index in [1.54, 1.807) is 6.07 Å². The van der Waals surface area contributed by atoms with E-state index in [0.29, 0.717) is 24.5 Å². The van der Waals surface area contributed by atoms with Crippen molar-refractivity contribution in [3.8, 4) is 5.75 Å². The quantitative estimate of drug-likeness (QED) is 0.421. The third kappa shape index (κ3) is 5.37. The number of para-hydroxylation sites is 1. The van der Waals surface area contributed by atoms with E-state index in [4.69, 9.17) is 14.7 Å². The summed E-state index contributed by atoms with van der Waals surface area (Å²) >= 11 is 0. The lowest BCUT2D eigenvalue weighted by molar-refractivity contribution is 0.00545. The van der Waals surface area contributed by atoms with Gasteiger partial charge in [0, 0.05) is 5.56 Å². The molecule has 2 aromatic rings. The smallest absolute Gasteiger partial charge is 0.128 e. The summed E-state index contributed by atoms with van der Waals surface area (Å²) in [5, 5.41) is 22.4. The standard InChI is InChI=1S/C19H23NO4/c1-2-18(20-22)17-10-6-7-11-19(17)24-14-16(21)13-23-12-15-8-4-3-5-9-15/h3-11,16,21-22H,2,12-14H2,1H3/b20-18-. The number of hydrogen-bond acceptors (Lipinski definition) is 5. The Morgan fingerprint density at radius 2 is 1.75 bits per heavy atom. The van der Waals surface area contributed by atoms with Crippen LogP contribution in [0.1, 0.15) is 24.5 Å². The molecule has 1 unspecified atom stereocenters. The van der Waals surface area contributed by atoms with E-state index in [2.05, 4.69) is 5.16 Å². The van der Waals surface area contributed by atoms with Gasteiger partial charge in [0.2, 0.25) is 0 Å². The van der Waals surface area contributed by atoms with E-state index in [1.807, 2.05) is 55.5 Å². The Hall–Kier alpha value is -2.37. The number of rotatable bonds is 9. The molecule has 0 heterocycles. The van der Waals surface area contributed by atoms with Crippen molar-refractivity contribution in [2.24, 2.45) is 5.16 Å². The number of benzene rings is 2. The van der Waals surface area contributed by atoms with Crippen LogP contribution in [0.2, 0.25) is 0 Å². The van der Waals surface area contributed by atoms with Gasteiger partial charge in [-0.2, -0.15) is 0 Å². The van der Waals surface area contributed by atoms with E-state index >= 15 is 0 Å². The molecule has 0 fully saturated rings. The number of oxime groups is 1. The van der Waals surface area contributed by atoms with Gasteiger partial charge in [-0.1, -0.05) is 54.5 Å². The summed E-state index contributed by atoms with van der Waals surface area (Å²) in [5.41, 5.74) is 2.32. The molecule has 0 radical (unpaired) electrons. The van der Waals surface area contributed by atoms with Gasteiger partial charge in [-0.05, 0) is 24.1 Å². The highest BCUT2D eigenvalue weighted by Crippen LogP contribution is 2.20. The second-order valence-corrected chi connectivity index (χ2v) is 5.36. The monoisotopic (exact) mass is 329 g/mol. The maximum absolute atomic E-state index is 10.0. The second-order valence-electron chi connectivity index (χ2n) is 5.36. The average molecular weight is 329 g/mol. The Kier molecular flexibility index (Phi) is 7.26. The highest BCUT2D eigenvalue weighted by atomic mass is 16.5. The largest absolute Gasteiger partial charge is 0.490 e. The van der Waals surface area contributed by atoms with Gasteiger partial charge in [0.1, 0.15) is 18.5 Å². The van der Waals surface area contributed by atoms with Crippen molar-refractivity contribution in [2.75, 3.05) is 13.2 Å². The minimum Gasteiger partial charge on any atom is -0.490 e. The van der Waals surface area contributed by atoms with Crippen LogP contribution in [0, 0.1) is 0 Å². The van der Waals surface area contributed by atoms with Crippen LogP contribution in [-0.4, -0.2) is 35.3 Å². The lowest BCUT2D eigenvalue weighted by Gasteiger charge is -2.15. The third-order valence-corrected chi connectivity index (χ3v) is 3.51. The van der Waals surface area contributed by atoms with Gasteiger partial charge in [-0.15, -0.1) is 0 Å². The first-order chi connectivity index (χ1) is 11.7. The highest BCUT2D eigenvalue weighted by Gasteiger charge is 2.11. The van der Waals surface area contributed by atoms with Gasteiger partial charge < -0.3 is 19.8 Å². The second kappa shape index (κ2) is 9.70. The predicted molar refractivity (Wildman–Crippen MR) is 92.7 cm³/mol. The molecule has 5 heteroatoms. The van der Waals surface area contributed by atoms with Crippen molar-refractivity contribution in [3.63, 3.8) is 0 Å². The first-order valence-electron chi connectivity index (χ1n) is 7.97. The Morgan fingerprint density at radius 3 is 2.46 bits per heavy atom. The van der Waals surface area contributed by atoms with E-state index in [1.165, 1.54) is 0 Å². The summed E-state index contributed by atoms with van der Waals surface area (Å²) in [7, 11) is 0. The molecule has 2 rings (SSSR count). The molecule has 2 N–H and O–H groups in total. The number of nitrogens with zero attached hydrogens (tertiary/aromatic N) is 1. The van der Waals surface area contributed by atoms with Crippen molar-refractivity contribution < 1.29 is 19.8 Å². The van der Waals surface area contributed by atoms with Crippen molar-refractivity contribution in [1.82, 2.24) is 0 Å². The number of ether oxygens (including phenoxy) is 2. The normalized spacial score (nSPS) is 12.8. The molecule has 24 heavy (non-hydrogen) atoms. The highest BCUT2D eigenvalue weighted by molar-refractivity contribution is 6.02. The van der Waals surface area contributed by atoms with E-state index < -0.39 is 6.10 Å². The molecule has 1 atom stereocenters. The minimum atomic E-state index is -0.738. The van der Waals surface area contributed by atoms with Crippen LogP contribution < -0.4 is 4.74 Å². The molecule has 2 aromatic carbocycles. The van der Waals surface area contributed by atoms with Crippen LogP contribution in [0.4, 0.5) is 0 Å². The zero-order chi connectivity index (χ0) is 17.2. The molecule has 0 aliphatic rings. The summed E-state index contributed by atoms with van der Waals surface area (Å²) in [6, 6.07) is 17.1.